The van der Waals surface area contributed by atoms with E-state index in [1.54, 1.807) is 13.0 Å². The number of esters is 1. The number of Topliss-reactive ketones (excluding diaryl/α,β-unsaturated/α-hetero) is 1. The van der Waals surface area contributed by atoms with Crippen LogP contribution in [-0.4, -0.2) is 51.7 Å². The summed E-state index contributed by atoms with van der Waals surface area (Å²) >= 11 is 0. The van der Waals surface area contributed by atoms with Gasteiger partial charge in [-0.05, 0) is 113 Å². The van der Waals surface area contributed by atoms with Crippen molar-refractivity contribution in [1.29, 1.82) is 0 Å². The fourth-order valence-electron chi connectivity index (χ4n) is 11.9. The molecule has 0 saturated heterocycles. The van der Waals surface area contributed by atoms with Crippen LogP contribution < -0.4 is 0 Å². The molecule has 8 rings (SSSR count). The summed E-state index contributed by atoms with van der Waals surface area (Å²) in [6.45, 7) is 4.92. The first-order valence-electron chi connectivity index (χ1n) is 15.5. The summed E-state index contributed by atoms with van der Waals surface area (Å²) < 4.78 is 23.1. The molecule has 7 saturated carbocycles. The van der Waals surface area contributed by atoms with E-state index >= 15 is 4.39 Å². The van der Waals surface area contributed by atoms with Crippen molar-refractivity contribution in [2.75, 3.05) is 6.61 Å². The lowest BCUT2D eigenvalue weighted by atomic mass is 9.44. The van der Waals surface area contributed by atoms with Crippen LogP contribution in [0.25, 0.3) is 0 Å². The highest BCUT2D eigenvalue weighted by molar-refractivity contribution is 6.01. The predicted molar refractivity (Wildman–Crippen MR) is 144 cm³/mol. The predicted octanol–water partition coefficient (Wildman–Crippen LogP) is 4.66. The first-order valence-corrected chi connectivity index (χ1v) is 15.5. The second-order valence-corrected chi connectivity index (χ2v) is 15.4. The van der Waals surface area contributed by atoms with Crippen molar-refractivity contribution in [3.8, 4) is 0 Å². The van der Waals surface area contributed by atoms with E-state index in [2.05, 4.69) is 0 Å². The molecule has 0 aromatic carbocycles. The van der Waals surface area contributed by atoms with Gasteiger partial charge in [-0.2, -0.15) is 0 Å². The molecule has 0 aliphatic heterocycles. The molecular formula is C33H43FO6. The quantitative estimate of drug-likeness (QED) is 0.490. The van der Waals surface area contributed by atoms with Gasteiger partial charge in [0.05, 0.1) is 11.5 Å². The van der Waals surface area contributed by atoms with Crippen molar-refractivity contribution in [2.24, 2.45) is 51.8 Å². The number of rotatable bonds is 4. The normalized spacial score (nSPS) is 53.9. The molecule has 40 heavy (non-hydrogen) atoms. The van der Waals surface area contributed by atoms with E-state index < -0.39 is 57.8 Å². The highest BCUT2D eigenvalue weighted by Gasteiger charge is 2.75. The van der Waals surface area contributed by atoms with Gasteiger partial charge in [-0.15, -0.1) is 0 Å². The van der Waals surface area contributed by atoms with Gasteiger partial charge in [-0.1, -0.05) is 25.5 Å². The number of hydrogen-bond acceptors (Lipinski definition) is 6. The van der Waals surface area contributed by atoms with Gasteiger partial charge >= 0.3 is 5.97 Å². The third-order valence-corrected chi connectivity index (χ3v) is 13.5. The van der Waals surface area contributed by atoms with Crippen molar-refractivity contribution >= 4 is 17.5 Å². The van der Waals surface area contributed by atoms with Crippen LogP contribution in [0.3, 0.4) is 0 Å². The van der Waals surface area contributed by atoms with Gasteiger partial charge < -0.3 is 14.9 Å². The number of aliphatic hydroxyl groups is 2. The zero-order valence-electron chi connectivity index (χ0n) is 24.0. The zero-order chi connectivity index (χ0) is 28.5. The first-order chi connectivity index (χ1) is 18.8. The summed E-state index contributed by atoms with van der Waals surface area (Å²) in [5.74, 6) is -0.674. The van der Waals surface area contributed by atoms with Crippen LogP contribution in [0.5, 0.6) is 0 Å². The highest BCUT2D eigenvalue weighted by Crippen LogP contribution is 2.70. The van der Waals surface area contributed by atoms with Crippen LogP contribution in [0.4, 0.5) is 4.39 Å². The average molecular weight is 555 g/mol. The summed E-state index contributed by atoms with van der Waals surface area (Å²) in [5.41, 5.74) is -5.82. The Bertz CT molecular complexity index is 1200. The van der Waals surface area contributed by atoms with Gasteiger partial charge in [-0.25, -0.2) is 4.39 Å². The molecule has 0 radical (unpaired) electrons. The van der Waals surface area contributed by atoms with E-state index in [0.717, 1.165) is 19.3 Å². The molecule has 218 valence electrons. The molecule has 0 aromatic rings. The van der Waals surface area contributed by atoms with E-state index in [-0.39, 0.29) is 24.1 Å². The molecule has 7 fully saturated rings. The van der Waals surface area contributed by atoms with Crippen LogP contribution in [-0.2, 0) is 19.1 Å². The molecule has 8 aliphatic rings. The first kappa shape index (κ1) is 27.0. The summed E-state index contributed by atoms with van der Waals surface area (Å²) in [6.07, 6.45) is 10.5. The fraction of sp³-hybridized carbons (Fsp3) is 0.788. The summed E-state index contributed by atoms with van der Waals surface area (Å²) in [4.78, 5) is 39.4. The molecule has 8 aliphatic carbocycles. The second-order valence-electron chi connectivity index (χ2n) is 15.4. The van der Waals surface area contributed by atoms with E-state index in [4.69, 9.17) is 4.74 Å². The molecule has 0 heterocycles. The van der Waals surface area contributed by atoms with Gasteiger partial charge in [0.1, 0.15) is 5.60 Å². The van der Waals surface area contributed by atoms with E-state index in [9.17, 15) is 24.6 Å². The van der Waals surface area contributed by atoms with E-state index in [1.165, 1.54) is 31.4 Å². The number of halogens is 1. The Morgan fingerprint density at radius 1 is 1.02 bits per heavy atom. The van der Waals surface area contributed by atoms with Crippen molar-refractivity contribution in [3.05, 3.63) is 23.8 Å². The van der Waals surface area contributed by atoms with Gasteiger partial charge in [-0.3, -0.25) is 14.4 Å². The summed E-state index contributed by atoms with van der Waals surface area (Å²) in [5, 5.41) is 23.7. The number of carbonyl (C=O) groups excluding carboxylic acids is 3. The van der Waals surface area contributed by atoms with Crippen LogP contribution in [0, 0.1) is 51.8 Å². The van der Waals surface area contributed by atoms with E-state index in [1.807, 2.05) is 13.8 Å². The van der Waals surface area contributed by atoms with Crippen LogP contribution in [0.2, 0.25) is 0 Å². The minimum atomic E-state index is -2.02. The topological polar surface area (TPSA) is 101 Å². The average Bonchev–Trinajstić information content (AvgIpc) is 3.09. The van der Waals surface area contributed by atoms with Crippen LogP contribution in [0.1, 0.15) is 85.0 Å². The molecule has 6 nitrogen and oxygen atoms in total. The number of fused-ring (bicyclic) bond motifs is 5. The Balaban J connectivity index is 1.14. The SMILES string of the molecule is CC1CC2C3CCC4=CC(=O)C=CC4(C)C3(F)C(O)CC2(C)C1(O)C(=O)COC(=O)C12CC3CC(CC(C3)C1)C2. The molecule has 0 aromatic heterocycles. The number of ether oxygens (including phenoxy) is 1. The number of ketones is 2. The maximum absolute atomic E-state index is 17.4. The number of alkyl halides is 1. The van der Waals surface area contributed by atoms with Crippen LogP contribution in [0.15, 0.2) is 23.8 Å². The Morgan fingerprint density at radius 3 is 2.27 bits per heavy atom. The standard InChI is InChI=1S/C33H43FO6/c1-18-8-25-24-5-4-22-12-23(35)6-7-29(22,2)32(24,34)26(36)16-30(25,3)33(18,39)27(37)17-40-28(38)31-13-19-9-20(14-31)11-21(10-19)15-31/h6-7,12,18-21,24-26,36,39H,4-5,8-11,13-17H2,1-3H3. The minimum Gasteiger partial charge on any atom is -0.457 e. The van der Waals surface area contributed by atoms with Crippen molar-refractivity contribution in [1.82, 2.24) is 0 Å². The van der Waals surface area contributed by atoms with Crippen molar-refractivity contribution < 1.29 is 33.7 Å². The summed E-state index contributed by atoms with van der Waals surface area (Å²) in [7, 11) is 0. The summed E-state index contributed by atoms with van der Waals surface area (Å²) in [6, 6.07) is 0. The molecule has 4 bridgehead atoms. The fourth-order valence-corrected chi connectivity index (χ4v) is 11.9. The Hall–Kier alpha value is -1.86. The van der Waals surface area contributed by atoms with Crippen molar-refractivity contribution in [3.63, 3.8) is 0 Å². The third kappa shape index (κ3) is 3.20. The Morgan fingerprint density at radius 2 is 1.65 bits per heavy atom. The molecule has 7 heteroatoms. The lowest BCUT2D eigenvalue weighted by Gasteiger charge is -2.62. The van der Waals surface area contributed by atoms with Gasteiger partial charge in [0.15, 0.2) is 18.1 Å². The number of aliphatic hydroxyl groups excluding tert-OH is 1. The maximum atomic E-state index is 17.4. The van der Waals surface area contributed by atoms with E-state index in [0.29, 0.717) is 42.6 Å². The number of allylic oxidation sites excluding steroid dienone is 4. The number of carbonyl (C=O) groups is 3. The molecular weight excluding hydrogens is 511 g/mol. The Labute approximate surface area is 235 Å². The lowest BCUT2D eigenvalue weighted by molar-refractivity contribution is -0.220. The Kier molecular flexibility index (Phi) is 5.65. The maximum Gasteiger partial charge on any atom is 0.312 e. The molecule has 0 spiro atoms. The smallest absolute Gasteiger partial charge is 0.312 e. The molecule has 8 unspecified atom stereocenters. The van der Waals surface area contributed by atoms with Crippen molar-refractivity contribution in [2.45, 2.75) is 102 Å². The largest absolute Gasteiger partial charge is 0.457 e. The number of hydrogen-bond donors (Lipinski definition) is 2. The second kappa shape index (κ2) is 8.37. The molecule has 2 N–H and O–H groups in total. The highest BCUT2D eigenvalue weighted by atomic mass is 19.1. The zero-order valence-corrected chi connectivity index (χ0v) is 24.0. The monoisotopic (exact) mass is 554 g/mol. The van der Waals surface area contributed by atoms with Gasteiger partial charge in [0, 0.05) is 16.7 Å². The molecule has 8 atom stereocenters. The minimum absolute atomic E-state index is 0.0785. The van der Waals surface area contributed by atoms with Gasteiger partial charge in [0.2, 0.25) is 5.78 Å². The van der Waals surface area contributed by atoms with Crippen LogP contribution >= 0.6 is 0 Å². The third-order valence-electron chi connectivity index (χ3n) is 13.5. The van der Waals surface area contributed by atoms with Gasteiger partial charge in [0.25, 0.3) is 0 Å². The lowest BCUT2D eigenvalue weighted by Crippen LogP contribution is -2.69. The molecule has 0 amide bonds.